The molecule has 2 fully saturated rings. The third-order valence-electron chi connectivity index (χ3n) is 6.10. The van der Waals surface area contributed by atoms with E-state index in [4.69, 9.17) is 11.6 Å². The molecule has 2 amide bonds. The van der Waals surface area contributed by atoms with Crippen LogP contribution in [0.5, 0.6) is 0 Å². The third kappa shape index (κ3) is 5.50. The third-order valence-corrected chi connectivity index (χ3v) is 6.35. The van der Waals surface area contributed by atoms with Crippen LogP contribution in [0.15, 0.2) is 48.5 Å². The van der Waals surface area contributed by atoms with Gasteiger partial charge in [-0.05, 0) is 67.9 Å². The van der Waals surface area contributed by atoms with Crippen LogP contribution >= 0.6 is 11.6 Å². The molecule has 2 aromatic carbocycles. The zero-order valence-corrected chi connectivity index (χ0v) is 18.8. The number of Topliss-reactive ketones (excluding diaryl/α,β-unsaturated/α-hetero) is 1. The summed E-state index contributed by atoms with van der Waals surface area (Å²) in [6, 6.07) is 10.5. The largest absolute Gasteiger partial charge is 0.416 e. The number of rotatable bonds is 6. The highest BCUT2D eigenvalue weighted by Crippen LogP contribution is 2.37. The van der Waals surface area contributed by atoms with Gasteiger partial charge in [0.15, 0.2) is 5.78 Å². The number of nitrogens with zero attached hydrogens (tertiary/aromatic N) is 3. The first kappa shape index (κ1) is 23.6. The van der Waals surface area contributed by atoms with Gasteiger partial charge >= 0.3 is 12.2 Å². The van der Waals surface area contributed by atoms with Crippen LogP contribution in [-0.2, 0) is 11.0 Å². The van der Waals surface area contributed by atoms with Crippen LogP contribution in [0, 0.1) is 0 Å². The van der Waals surface area contributed by atoms with Crippen molar-refractivity contribution in [1.82, 2.24) is 9.80 Å². The van der Waals surface area contributed by atoms with Gasteiger partial charge in [-0.1, -0.05) is 30.2 Å². The number of halogens is 4. The Morgan fingerprint density at radius 3 is 2.36 bits per heavy atom. The Kier molecular flexibility index (Phi) is 6.95. The first-order chi connectivity index (χ1) is 15.7. The molecule has 2 aliphatic rings. The zero-order chi connectivity index (χ0) is 23.6. The summed E-state index contributed by atoms with van der Waals surface area (Å²) in [7, 11) is 0. The monoisotopic (exact) mass is 479 g/mol. The van der Waals surface area contributed by atoms with Crippen molar-refractivity contribution in [2.45, 2.75) is 31.5 Å². The highest BCUT2D eigenvalue weighted by Gasteiger charge is 2.41. The van der Waals surface area contributed by atoms with Gasteiger partial charge in [-0.15, -0.1) is 0 Å². The molecular weight excluding hydrogens is 455 g/mol. The molecule has 176 valence electrons. The van der Waals surface area contributed by atoms with Gasteiger partial charge in [0.2, 0.25) is 0 Å². The number of amides is 2. The van der Waals surface area contributed by atoms with E-state index in [-0.39, 0.29) is 25.4 Å². The predicted octanol–water partition coefficient (Wildman–Crippen LogP) is 5.40. The van der Waals surface area contributed by atoms with Gasteiger partial charge in [-0.3, -0.25) is 14.6 Å². The number of piperidine rings is 1. The fourth-order valence-electron chi connectivity index (χ4n) is 4.48. The average molecular weight is 480 g/mol. The van der Waals surface area contributed by atoms with Gasteiger partial charge in [-0.25, -0.2) is 4.79 Å². The van der Waals surface area contributed by atoms with Gasteiger partial charge in [0.25, 0.3) is 0 Å². The van der Waals surface area contributed by atoms with Crippen molar-refractivity contribution in [3.05, 3.63) is 64.7 Å². The maximum absolute atomic E-state index is 13.3. The van der Waals surface area contributed by atoms with Crippen LogP contribution in [0.4, 0.5) is 23.7 Å². The lowest BCUT2D eigenvalue weighted by Gasteiger charge is -2.26. The molecule has 0 radical (unpaired) electrons. The van der Waals surface area contributed by atoms with E-state index >= 15 is 0 Å². The number of benzene rings is 2. The first-order valence-electron chi connectivity index (χ1n) is 11.0. The van der Waals surface area contributed by atoms with Gasteiger partial charge in [-0.2, -0.15) is 13.2 Å². The molecule has 0 bridgehead atoms. The minimum Gasteiger partial charge on any atom is -0.315 e. The number of likely N-dealkylation sites (tertiary alicyclic amines) is 1. The smallest absolute Gasteiger partial charge is 0.315 e. The number of hydrogen-bond donors (Lipinski definition) is 0. The number of carbonyl (C=O) groups is 2. The minimum atomic E-state index is -4.49. The Balaban J connectivity index is 1.59. The Morgan fingerprint density at radius 1 is 1.00 bits per heavy atom. The molecule has 9 heteroatoms. The second-order valence-corrected chi connectivity index (χ2v) is 8.96. The molecule has 33 heavy (non-hydrogen) atoms. The van der Waals surface area contributed by atoms with Gasteiger partial charge in [0.05, 0.1) is 24.7 Å². The number of urea groups is 1. The average Bonchev–Trinajstić information content (AvgIpc) is 3.10. The van der Waals surface area contributed by atoms with Crippen molar-refractivity contribution in [1.29, 1.82) is 0 Å². The first-order valence-corrected chi connectivity index (χ1v) is 11.3. The van der Waals surface area contributed by atoms with Gasteiger partial charge < -0.3 is 4.90 Å². The summed E-state index contributed by atoms with van der Waals surface area (Å²) in [5.41, 5.74) is 0.0972. The van der Waals surface area contributed by atoms with Crippen LogP contribution in [-0.4, -0.2) is 54.3 Å². The highest BCUT2D eigenvalue weighted by atomic mass is 35.5. The summed E-state index contributed by atoms with van der Waals surface area (Å²) in [4.78, 5) is 31.0. The van der Waals surface area contributed by atoms with Crippen molar-refractivity contribution < 1.29 is 22.8 Å². The highest BCUT2D eigenvalue weighted by molar-refractivity contribution is 6.30. The molecule has 0 unspecified atom stereocenters. The lowest BCUT2D eigenvalue weighted by molar-refractivity contribution is -0.137. The molecular formula is C24H25ClF3N3O2. The maximum atomic E-state index is 13.3. The van der Waals surface area contributed by atoms with Crippen LogP contribution in [0.3, 0.4) is 0 Å². The summed E-state index contributed by atoms with van der Waals surface area (Å²) in [5, 5.41) is 0.481. The fraction of sp³-hybridized carbons (Fsp3) is 0.417. The van der Waals surface area contributed by atoms with E-state index in [1.165, 1.54) is 15.9 Å². The quantitative estimate of drug-likeness (QED) is 0.557. The molecule has 2 saturated heterocycles. The van der Waals surface area contributed by atoms with Crippen molar-refractivity contribution in [3.8, 4) is 0 Å². The summed E-state index contributed by atoms with van der Waals surface area (Å²) < 4.78 is 39.9. The van der Waals surface area contributed by atoms with E-state index in [2.05, 4.69) is 4.90 Å². The number of anilines is 1. The van der Waals surface area contributed by atoms with Crippen molar-refractivity contribution in [2.24, 2.45) is 0 Å². The van der Waals surface area contributed by atoms with E-state index in [0.717, 1.165) is 44.5 Å². The van der Waals surface area contributed by atoms with E-state index in [9.17, 15) is 22.8 Å². The normalized spacial score (nSPS) is 19.9. The van der Waals surface area contributed by atoms with Gasteiger partial charge in [0.1, 0.15) is 0 Å². The Hall–Kier alpha value is -2.58. The second-order valence-electron chi connectivity index (χ2n) is 8.52. The fourth-order valence-corrected chi connectivity index (χ4v) is 4.61. The number of hydrogen-bond acceptors (Lipinski definition) is 3. The van der Waals surface area contributed by atoms with E-state index in [1.54, 1.807) is 30.3 Å². The summed E-state index contributed by atoms with van der Waals surface area (Å²) in [5.74, 6) is -0.0778. The SMILES string of the molecule is O=C(CN1CCCCC1)CN1C[C@H](c2cccc(C(F)(F)F)c2)N(c2ccc(Cl)cc2)C1=O. The molecule has 0 saturated carbocycles. The molecule has 4 rings (SSSR count). The summed E-state index contributed by atoms with van der Waals surface area (Å²) >= 11 is 5.98. The molecule has 2 aromatic rings. The summed E-state index contributed by atoms with van der Waals surface area (Å²) in [6.45, 7) is 2.05. The van der Waals surface area contributed by atoms with Crippen LogP contribution in [0.25, 0.3) is 0 Å². The lowest BCUT2D eigenvalue weighted by atomic mass is 10.0. The van der Waals surface area contributed by atoms with Crippen molar-refractivity contribution in [3.63, 3.8) is 0 Å². The predicted molar refractivity (Wildman–Crippen MR) is 120 cm³/mol. The molecule has 0 aliphatic carbocycles. The molecule has 2 aliphatic heterocycles. The van der Waals surface area contributed by atoms with E-state index < -0.39 is 23.8 Å². The Labute approximate surface area is 195 Å². The standard InChI is InChI=1S/C24H25ClF3N3O2/c25-19-7-9-20(10-8-19)31-22(17-5-4-6-18(13-17)24(26,27)28)16-30(23(31)33)15-21(32)14-29-11-2-1-3-12-29/h4-10,13,22H,1-3,11-12,14-16H2/t22-/m1/s1. The van der Waals surface area contributed by atoms with Crippen molar-refractivity contribution >= 4 is 29.1 Å². The maximum Gasteiger partial charge on any atom is 0.416 e. The topological polar surface area (TPSA) is 43.9 Å². The van der Waals surface area contributed by atoms with Crippen LogP contribution in [0.1, 0.15) is 36.4 Å². The van der Waals surface area contributed by atoms with E-state index in [1.807, 2.05) is 0 Å². The van der Waals surface area contributed by atoms with Gasteiger partial charge in [0, 0.05) is 17.3 Å². The molecule has 2 heterocycles. The summed E-state index contributed by atoms with van der Waals surface area (Å²) in [6.07, 6.45) is -1.23. The number of ketones is 1. The Morgan fingerprint density at radius 2 is 1.70 bits per heavy atom. The zero-order valence-electron chi connectivity index (χ0n) is 18.0. The Bertz CT molecular complexity index is 1010. The molecule has 0 spiro atoms. The molecule has 0 aromatic heterocycles. The number of carbonyl (C=O) groups excluding carboxylic acids is 2. The van der Waals surface area contributed by atoms with Crippen LogP contribution < -0.4 is 4.90 Å². The molecule has 1 atom stereocenters. The minimum absolute atomic E-state index is 0.0745. The lowest BCUT2D eigenvalue weighted by Crippen LogP contribution is -2.41. The molecule has 5 nitrogen and oxygen atoms in total. The number of alkyl halides is 3. The molecule has 0 N–H and O–H groups in total. The van der Waals surface area contributed by atoms with E-state index in [0.29, 0.717) is 16.3 Å². The second kappa shape index (κ2) is 9.73. The van der Waals surface area contributed by atoms with Crippen molar-refractivity contribution in [2.75, 3.05) is 37.6 Å². The van der Waals surface area contributed by atoms with Crippen LogP contribution in [0.2, 0.25) is 5.02 Å².